The summed E-state index contributed by atoms with van der Waals surface area (Å²) in [6.45, 7) is 2.12. The molecule has 0 atom stereocenters. The van der Waals surface area contributed by atoms with Gasteiger partial charge in [0.2, 0.25) is 0 Å². The van der Waals surface area contributed by atoms with E-state index in [1.807, 2.05) is 6.07 Å². The van der Waals surface area contributed by atoms with Crippen molar-refractivity contribution in [2.24, 2.45) is 0 Å². The number of amides is 2. The maximum absolute atomic E-state index is 11.8. The first-order valence-corrected chi connectivity index (χ1v) is 5.74. The fraction of sp³-hybridized carbons (Fsp3) is 0.385. The molecule has 0 bridgehead atoms. The Kier molecular flexibility index (Phi) is 3.24. The van der Waals surface area contributed by atoms with Crippen molar-refractivity contribution in [1.82, 2.24) is 5.06 Å². The Morgan fingerprint density at radius 2 is 1.88 bits per heavy atom. The van der Waals surface area contributed by atoms with Crippen LogP contribution < -0.4 is 0 Å². The number of carbonyl (C=O) groups is 2. The molecular weight excluding hydrogens is 218 g/mol. The number of rotatable bonds is 4. The lowest BCUT2D eigenvalue weighted by molar-refractivity contribution is -0.0645. The van der Waals surface area contributed by atoms with Crippen molar-refractivity contribution >= 4 is 11.8 Å². The molecule has 4 heteroatoms. The van der Waals surface area contributed by atoms with Crippen LogP contribution in [-0.4, -0.2) is 24.0 Å². The fourth-order valence-electron chi connectivity index (χ4n) is 1.97. The van der Waals surface area contributed by atoms with Crippen molar-refractivity contribution in [3.05, 3.63) is 34.9 Å². The number of aryl methyl sites for hydroxylation is 1. The molecule has 0 aliphatic carbocycles. The van der Waals surface area contributed by atoms with E-state index >= 15 is 0 Å². The van der Waals surface area contributed by atoms with Crippen molar-refractivity contribution in [2.75, 3.05) is 7.11 Å². The average molecular weight is 233 g/mol. The first kappa shape index (κ1) is 11.8. The lowest BCUT2D eigenvalue weighted by atomic mass is 10.0. The molecule has 1 heterocycles. The molecule has 4 nitrogen and oxygen atoms in total. The molecule has 1 aromatic carbocycles. The molecule has 90 valence electrons. The minimum Gasteiger partial charge on any atom is -0.266 e. The SMILES string of the molecule is CCCCc1ccc2c(c1)C(=O)N(OC)C2=O. The van der Waals surface area contributed by atoms with Gasteiger partial charge in [-0.1, -0.05) is 19.4 Å². The Bertz CT molecular complexity index is 468. The van der Waals surface area contributed by atoms with Crippen LogP contribution in [0.4, 0.5) is 0 Å². The molecule has 17 heavy (non-hydrogen) atoms. The van der Waals surface area contributed by atoms with Crippen molar-refractivity contribution in [3.63, 3.8) is 0 Å². The van der Waals surface area contributed by atoms with Crippen LogP contribution in [0.2, 0.25) is 0 Å². The highest BCUT2D eigenvalue weighted by molar-refractivity contribution is 6.20. The summed E-state index contributed by atoms with van der Waals surface area (Å²) in [5.41, 5.74) is 1.97. The predicted octanol–water partition coefficient (Wildman–Crippen LogP) is 2.19. The maximum atomic E-state index is 11.8. The quantitative estimate of drug-likeness (QED) is 0.749. The van der Waals surface area contributed by atoms with Crippen molar-refractivity contribution < 1.29 is 14.4 Å². The van der Waals surface area contributed by atoms with E-state index < -0.39 is 0 Å². The molecule has 0 fully saturated rings. The van der Waals surface area contributed by atoms with Gasteiger partial charge in [-0.05, 0) is 30.5 Å². The second-order valence-corrected chi connectivity index (χ2v) is 4.07. The van der Waals surface area contributed by atoms with Crippen LogP contribution in [0.3, 0.4) is 0 Å². The summed E-state index contributed by atoms with van der Waals surface area (Å²) in [6.07, 6.45) is 3.11. The highest BCUT2D eigenvalue weighted by Crippen LogP contribution is 2.24. The van der Waals surface area contributed by atoms with Gasteiger partial charge >= 0.3 is 0 Å². The molecule has 2 amide bonds. The van der Waals surface area contributed by atoms with Gasteiger partial charge in [0.1, 0.15) is 0 Å². The number of benzene rings is 1. The normalized spacial score (nSPS) is 14.4. The topological polar surface area (TPSA) is 46.6 Å². The number of hydrogen-bond acceptors (Lipinski definition) is 3. The highest BCUT2D eigenvalue weighted by Gasteiger charge is 2.36. The average Bonchev–Trinajstić information content (AvgIpc) is 2.59. The van der Waals surface area contributed by atoms with Crippen LogP contribution in [0.15, 0.2) is 18.2 Å². The Morgan fingerprint density at radius 3 is 2.53 bits per heavy atom. The standard InChI is InChI=1S/C13H15NO3/c1-3-4-5-9-6-7-10-11(8-9)13(16)14(17-2)12(10)15/h6-8H,3-5H2,1-2H3. The molecule has 1 aromatic rings. The molecule has 0 saturated carbocycles. The lowest BCUT2D eigenvalue weighted by Crippen LogP contribution is -2.28. The van der Waals surface area contributed by atoms with Crippen molar-refractivity contribution in [1.29, 1.82) is 0 Å². The molecule has 0 aromatic heterocycles. The zero-order valence-corrected chi connectivity index (χ0v) is 10.0. The smallest absolute Gasteiger partial charge is 0.266 e. The van der Waals surface area contributed by atoms with Gasteiger partial charge in [-0.15, -0.1) is 5.06 Å². The number of fused-ring (bicyclic) bond motifs is 1. The maximum Gasteiger partial charge on any atom is 0.285 e. The molecule has 0 N–H and O–H groups in total. The Hall–Kier alpha value is -1.68. The van der Waals surface area contributed by atoms with E-state index in [4.69, 9.17) is 4.84 Å². The van der Waals surface area contributed by atoms with E-state index in [0.29, 0.717) is 11.1 Å². The molecule has 0 unspecified atom stereocenters. The van der Waals surface area contributed by atoms with Gasteiger partial charge in [0.05, 0.1) is 18.2 Å². The van der Waals surface area contributed by atoms with Gasteiger partial charge in [0, 0.05) is 0 Å². The Morgan fingerprint density at radius 1 is 1.18 bits per heavy atom. The summed E-state index contributed by atoms with van der Waals surface area (Å²) in [6, 6.07) is 5.41. The first-order valence-electron chi connectivity index (χ1n) is 5.74. The summed E-state index contributed by atoms with van der Waals surface area (Å²) in [4.78, 5) is 28.4. The van der Waals surface area contributed by atoms with Crippen LogP contribution >= 0.6 is 0 Å². The van der Waals surface area contributed by atoms with Crippen LogP contribution in [0.25, 0.3) is 0 Å². The molecule has 0 spiro atoms. The third-order valence-corrected chi connectivity index (χ3v) is 2.92. The Labute approximate surface area is 100 Å². The number of hydrogen-bond donors (Lipinski definition) is 0. The van der Waals surface area contributed by atoms with E-state index in [-0.39, 0.29) is 11.8 Å². The van der Waals surface area contributed by atoms with Crippen molar-refractivity contribution in [3.8, 4) is 0 Å². The molecule has 1 aliphatic heterocycles. The number of unbranched alkanes of at least 4 members (excludes halogenated alkanes) is 1. The van der Waals surface area contributed by atoms with Crippen LogP contribution in [0, 0.1) is 0 Å². The molecule has 1 aliphatic rings. The largest absolute Gasteiger partial charge is 0.285 e. The fourth-order valence-corrected chi connectivity index (χ4v) is 1.97. The lowest BCUT2D eigenvalue weighted by Gasteiger charge is -2.07. The number of hydroxylamine groups is 2. The molecular formula is C13H15NO3. The highest BCUT2D eigenvalue weighted by atomic mass is 16.7. The van der Waals surface area contributed by atoms with Crippen LogP contribution in [0.1, 0.15) is 46.0 Å². The van der Waals surface area contributed by atoms with E-state index in [1.54, 1.807) is 12.1 Å². The molecule has 2 rings (SSSR count). The van der Waals surface area contributed by atoms with Gasteiger partial charge in [-0.2, -0.15) is 0 Å². The van der Waals surface area contributed by atoms with Gasteiger partial charge in [-0.3, -0.25) is 14.4 Å². The minimum atomic E-state index is -0.380. The Balaban J connectivity index is 2.32. The van der Waals surface area contributed by atoms with Gasteiger partial charge in [-0.25, -0.2) is 0 Å². The summed E-state index contributed by atoms with van der Waals surface area (Å²) in [5, 5.41) is 0.800. The van der Waals surface area contributed by atoms with Gasteiger partial charge in [0.25, 0.3) is 11.8 Å². The summed E-state index contributed by atoms with van der Waals surface area (Å²) >= 11 is 0. The summed E-state index contributed by atoms with van der Waals surface area (Å²) in [7, 11) is 1.32. The van der Waals surface area contributed by atoms with E-state index in [0.717, 1.165) is 29.9 Å². The van der Waals surface area contributed by atoms with Gasteiger partial charge < -0.3 is 0 Å². The third-order valence-electron chi connectivity index (χ3n) is 2.92. The molecule has 0 radical (unpaired) electrons. The molecule has 0 saturated heterocycles. The summed E-state index contributed by atoms with van der Waals surface area (Å²) < 4.78 is 0. The van der Waals surface area contributed by atoms with E-state index in [9.17, 15) is 9.59 Å². The number of carbonyl (C=O) groups excluding carboxylic acids is 2. The number of nitrogens with zero attached hydrogens (tertiary/aromatic N) is 1. The van der Waals surface area contributed by atoms with Crippen LogP contribution in [-0.2, 0) is 11.3 Å². The number of imide groups is 1. The second-order valence-electron chi connectivity index (χ2n) is 4.07. The third kappa shape index (κ3) is 1.96. The van der Waals surface area contributed by atoms with Gasteiger partial charge in [0.15, 0.2) is 0 Å². The minimum absolute atomic E-state index is 0.370. The monoisotopic (exact) mass is 233 g/mol. The first-order chi connectivity index (χ1) is 8.19. The van der Waals surface area contributed by atoms with Crippen LogP contribution in [0.5, 0.6) is 0 Å². The van der Waals surface area contributed by atoms with E-state index in [1.165, 1.54) is 7.11 Å². The second kappa shape index (κ2) is 4.67. The van der Waals surface area contributed by atoms with Crippen molar-refractivity contribution in [2.45, 2.75) is 26.2 Å². The summed E-state index contributed by atoms with van der Waals surface area (Å²) in [5.74, 6) is -0.750. The zero-order chi connectivity index (χ0) is 12.4. The zero-order valence-electron chi connectivity index (χ0n) is 10.0. The van der Waals surface area contributed by atoms with E-state index in [2.05, 4.69) is 6.92 Å². The predicted molar refractivity (Wildman–Crippen MR) is 62.6 cm³/mol.